The van der Waals surface area contributed by atoms with E-state index in [1.807, 2.05) is 0 Å². The standard InChI is InChI=1S/C53H102O6/c1-6-7-8-9-10-11-12-19-22-28-33-38-43-51(54)57-46-50(47-58-52(55)44-39-34-29-25-24-27-32-37-42-49(4)5)59-53(56)45-40-35-30-23-20-17-15-13-14-16-18-21-26-31-36-41-48(2)3/h48-50H,6-47H2,1-5H3/t50-/m1/s1. The number of esters is 3. The normalized spacial score (nSPS) is 12.1. The maximum Gasteiger partial charge on any atom is 0.306 e. The second-order valence-corrected chi connectivity index (χ2v) is 19.1. The molecular formula is C53H102O6. The molecular weight excluding hydrogens is 733 g/mol. The number of hydrogen-bond acceptors (Lipinski definition) is 6. The smallest absolute Gasteiger partial charge is 0.306 e. The van der Waals surface area contributed by atoms with Gasteiger partial charge in [0.1, 0.15) is 13.2 Å². The van der Waals surface area contributed by atoms with Crippen LogP contribution in [0.4, 0.5) is 0 Å². The molecule has 0 saturated heterocycles. The zero-order chi connectivity index (χ0) is 43.3. The van der Waals surface area contributed by atoms with Gasteiger partial charge < -0.3 is 14.2 Å². The summed E-state index contributed by atoms with van der Waals surface area (Å²) in [5, 5.41) is 0. The molecule has 0 aromatic heterocycles. The van der Waals surface area contributed by atoms with Crippen molar-refractivity contribution in [3.05, 3.63) is 0 Å². The monoisotopic (exact) mass is 835 g/mol. The van der Waals surface area contributed by atoms with E-state index in [1.54, 1.807) is 0 Å². The molecule has 6 nitrogen and oxygen atoms in total. The van der Waals surface area contributed by atoms with Crippen molar-refractivity contribution in [3.63, 3.8) is 0 Å². The van der Waals surface area contributed by atoms with Crippen molar-refractivity contribution < 1.29 is 28.6 Å². The zero-order valence-electron chi connectivity index (χ0n) is 40.4. The van der Waals surface area contributed by atoms with Gasteiger partial charge >= 0.3 is 17.9 Å². The Morgan fingerprint density at radius 3 is 0.831 bits per heavy atom. The molecule has 0 rings (SSSR count). The number of ether oxygens (including phenoxy) is 3. The highest BCUT2D eigenvalue weighted by Gasteiger charge is 2.19. The Bertz CT molecular complexity index is 900. The Hall–Kier alpha value is -1.59. The van der Waals surface area contributed by atoms with Crippen LogP contribution in [0.2, 0.25) is 0 Å². The fourth-order valence-corrected chi connectivity index (χ4v) is 7.99. The second-order valence-electron chi connectivity index (χ2n) is 19.1. The van der Waals surface area contributed by atoms with Crippen LogP contribution in [0.5, 0.6) is 0 Å². The first-order chi connectivity index (χ1) is 28.7. The van der Waals surface area contributed by atoms with E-state index in [-0.39, 0.29) is 31.1 Å². The van der Waals surface area contributed by atoms with Gasteiger partial charge in [0.2, 0.25) is 0 Å². The summed E-state index contributed by atoms with van der Waals surface area (Å²) in [7, 11) is 0. The van der Waals surface area contributed by atoms with Gasteiger partial charge in [-0.25, -0.2) is 0 Å². The predicted molar refractivity (Wildman–Crippen MR) is 252 cm³/mol. The third kappa shape index (κ3) is 47.3. The van der Waals surface area contributed by atoms with Crippen LogP contribution in [0.3, 0.4) is 0 Å². The van der Waals surface area contributed by atoms with Crippen LogP contribution in [0.15, 0.2) is 0 Å². The van der Waals surface area contributed by atoms with E-state index < -0.39 is 6.10 Å². The van der Waals surface area contributed by atoms with Crippen LogP contribution < -0.4 is 0 Å². The molecule has 0 aliphatic rings. The molecule has 0 N–H and O–H groups in total. The van der Waals surface area contributed by atoms with E-state index in [1.165, 1.54) is 180 Å². The molecule has 0 heterocycles. The maximum atomic E-state index is 12.8. The average Bonchev–Trinajstić information content (AvgIpc) is 3.20. The summed E-state index contributed by atoms with van der Waals surface area (Å²) in [6, 6.07) is 0. The molecule has 6 heteroatoms. The molecule has 0 bridgehead atoms. The lowest BCUT2D eigenvalue weighted by atomic mass is 10.0. The largest absolute Gasteiger partial charge is 0.462 e. The Balaban J connectivity index is 4.28. The highest BCUT2D eigenvalue weighted by Crippen LogP contribution is 2.17. The first-order valence-corrected chi connectivity index (χ1v) is 26.2. The fraction of sp³-hybridized carbons (Fsp3) is 0.943. The van der Waals surface area contributed by atoms with E-state index in [0.29, 0.717) is 19.3 Å². The third-order valence-corrected chi connectivity index (χ3v) is 12.0. The second kappa shape index (κ2) is 45.9. The molecule has 0 spiro atoms. The minimum absolute atomic E-state index is 0.0638. The Morgan fingerprint density at radius 1 is 0.322 bits per heavy atom. The van der Waals surface area contributed by atoms with E-state index >= 15 is 0 Å². The van der Waals surface area contributed by atoms with Crippen molar-refractivity contribution in [2.75, 3.05) is 13.2 Å². The summed E-state index contributed by atoms with van der Waals surface area (Å²) in [5.74, 6) is 0.796. The SMILES string of the molecule is CCCCCCCCCCCCCCC(=O)OC[C@H](COC(=O)CCCCCCCCCCC(C)C)OC(=O)CCCCCCCCCCCCCCCCCC(C)C. The van der Waals surface area contributed by atoms with Gasteiger partial charge in [0, 0.05) is 19.3 Å². The number of unbranched alkanes of at least 4 members (excludes halogenated alkanes) is 32. The highest BCUT2D eigenvalue weighted by atomic mass is 16.6. The molecule has 0 radical (unpaired) electrons. The lowest BCUT2D eigenvalue weighted by Crippen LogP contribution is -2.30. The molecule has 0 aliphatic carbocycles. The lowest BCUT2D eigenvalue weighted by molar-refractivity contribution is -0.167. The summed E-state index contributed by atoms with van der Waals surface area (Å²) < 4.78 is 16.8. The molecule has 0 aromatic carbocycles. The van der Waals surface area contributed by atoms with Gasteiger partial charge in [-0.15, -0.1) is 0 Å². The van der Waals surface area contributed by atoms with Crippen LogP contribution >= 0.6 is 0 Å². The first kappa shape index (κ1) is 57.4. The topological polar surface area (TPSA) is 78.9 Å². The van der Waals surface area contributed by atoms with Crippen LogP contribution in [-0.2, 0) is 28.6 Å². The van der Waals surface area contributed by atoms with E-state index in [4.69, 9.17) is 14.2 Å². The molecule has 0 aliphatic heterocycles. The number of carbonyl (C=O) groups is 3. The van der Waals surface area contributed by atoms with Crippen molar-refractivity contribution in [2.45, 2.75) is 298 Å². The van der Waals surface area contributed by atoms with Crippen LogP contribution in [0, 0.1) is 11.8 Å². The number of rotatable bonds is 47. The molecule has 0 amide bonds. The fourth-order valence-electron chi connectivity index (χ4n) is 7.99. The van der Waals surface area contributed by atoms with E-state index in [0.717, 1.165) is 69.6 Å². The van der Waals surface area contributed by atoms with Crippen LogP contribution in [0.25, 0.3) is 0 Å². The minimum atomic E-state index is -0.761. The third-order valence-electron chi connectivity index (χ3n) is 12.0. The van der Waals surface area contributed by atoms with Gasteiger partial charge in [0.05, 0.1) is 0 Å². The Kier molecular flexibility index (Phi) is 44.7. The first-order valence-electron chi connectivity index (χ1n) is 26.2. The zero-order valence-corrected chi connectivity index (χ0v) is 40.4. The van der Waals surface area contributed by atoms with Crippen molar-refractivity contribution in [1.82, 2.24) is 0 Å². The summed E-state index contributed by atoms with van der Waals surface area (Å²) in [5.41, 5.74) is 0. The molecule has 1 atom stereocenters. The van der Waals surface area contributed by atoms with Gasteiger partial charge in [0.15, 0.2) is 6.10 Å². The number of carbonyl (C=O) groups excluding carboxylic acids is 3. The van der Waals surface area contributed by atoms with E-state index in [2.05, 4.69) is 34.6 Å². The number of hydrogen-bond donors (Lipinski definition) is 0. The molecule has 0 aromatic rings. The van der Waals surface area contributed by atoms with Crippen LogP contribution in [-0.4, -0.2) is 37.2 Å². The van der Waals surface area contributed by atoms with Gasteiger partial charge in [0.25, 0.3) is 0 Å². The van der Waals surface area contributed by atoms with Crippen molar-refractivity contribution in [1.29, 1.82) is 0 Å². The summed E-state index contributed by atoms with van der Waals surface area (Å²) in [4.78, 5) is 37.9. The molecule has 0 fully saturated rings. The maximum absolute atomic E-state index is 12.8. The molecule has 59 heavy (non-hydrogen) atoms. The average molecular weight is 835 g/mol. The molecule has 350 valence electrons. The Morgan fingerprint density at radius 2 is 0.559 bits per heavy atom. The summed E-state index contributed by atoms with van der Waals surface area (Å²) in [6.07, 6.45) is 46.6. The summed E-state index contributed by atoms with van der Waals surface area (Å²) >= 11 is 0. The van der Waals surface area contributed by atoms with Crippen molar-refractivity contribution in [3.8, 4) is 0 Å². The van der Waals surface area contributed by atoms with Gasteiger partial charge in [-0.2, -0.15) is 0 Å². The quantitative estimate of drug-likeness (QED) is 0.0345. The van der Waals surface area contributed by atoms with E-state index in [9.17, 15) is 14.4 Å². The van der Waals surface area contributed by atoms with Crippen molar-refractivity contribution >= 4 is 17.9 Å². The predicted octanol–water partition coefficient (Wildman–Crippen LogP) is 16.9. The van der Waals surface area contributed by atoms with Crippen LogP contribution in [0.1, 0.15) is 291 Å². The highest BCUT2D eigenvalue weighted by molar-refractivity contribution is 5.71. The van der Waals surface area contributed by atoms with Gasteiger partial charge in [-0.05, 0) is 31.1 Å². The lowest BCUT2D eigenvalue weighted by Gasteiger charge is -2.18. The molecule has 0 unspecified atom stereocenters. The minimum Gasteiger partial charge on any atom is -0.462 e. The molecule has 0 saturated carbocycles. The Labute approximate surface area is 368 Å². The summed E-state index contributed by atoms with van der Waals surface area (Å²) in [6.45, 7) is 11.4. The van der Waals surface area contributed by atoms with Crippen molar-refractivity contribution in [2.24, 2.45) is 11.8 Å². The van der Waals surface area contributed by atoms with Gasteiger partial charge in [-0.1, -0.05) is 253 Å². The van der Waals surface area contributed by atoms with Gasteiger partial charge in [-0.3, -0.25) is 14.4 Å².